The molecule has 2 aliphatic heterocycles. The number of hydrogen-bond acceptors (Lipinski definition) is 6. The SMILES string of the molecule is CNC1(C(=O)O)CCN(C)CC1.CNC1(C(=O)O)CCN(C)CC1. The van der Waals surface area contributed by atoms with Gasteiger partial charge in [-0.1, -0.05) is 0 Å². The van der Waals surface area contributed by atoms with E-state index in [0.29, 0.717) is 25.7 Å². The van der Waals surface area contributed by atoms with E-state index in [0.717, 1.165) is 26.2 Å². The number of aliphatic carboxylic acids is 2. The Morgan fingerprint density at radius 2 is 1.00 bits per heavy atom. The van der Waals surface area contributed by atoms with Crippen molar-refractivity contribution in [1.29, 1.82) is 0 Å². The van der Waals surface area contributed by atoms with Crippen molar-refractivity contribution in [3.05, 3.63) is 0 Å². The lowest BCUT2D eigenvalue weighted by Gasteiger charge is -2.36. The lowest BCUT2D eigenvalue weighted by molar-refractivity contribution is -0.147. The molecule has 8 heteroatoms. The zero-order valence-electron chi connectivity index (χ0n) is 15.3. The molecule has 2 saturated heterocycles. The highest BCUT2D eigenvalue weighted by Crippen LogP contribution is 2.21. The van der Waals surface area contributed by atoms with Gasteiger partial charge in [-0.05, 0) is 53.9 Å². The zero-order chi connectivity index (χ0) is 18.4. The minimum atomic E-state index is -0.724. The second-order valence-electron chi connectivity index (χ2n) is 6.88. The van der Waals surface area contributed by atoms with Gasteiger partial charge in [-0.25, -0.2) is 0 Å². The van der Waals surface area contributed by atoms with E-state index in [1.54, 1.807) is 14.1 Å². The molecule has 0 spiro atoms. The summed E-state index contributed by atoms with van der Waals surface area (Å²) in [7, 11) is 7.47. The summed E-state index contributed by atoms with van der Waals surface area (Å²) < 4.78 is 0. The summed E-state index contributed by atoms with van der Waals surface area (Å²) in [4.78, 5) is 26.2. The summed E-state index contributed by atoms with van der Waals surface area (Å²) in [6.45, 7) is 3.42. The van der Waals surface area contributed by atoms with Gasteiger partial charge in [0.05, 0.1) is 0 Å². The van der Waals surface area contributed by atoms with Gasteiger partial charge in [0.15, 0.2) is 0 Å². The van der Waals surface area contributed by atoms with Crippen LogP contribution >= 0.6 is 0 Å². The lowest BCUT2D eigenvalue weighted by Crippen LogP contribution is -2.56. The number of rotatable bonds is 4. The number of nitrogens with zero attached hydrogens (tertiary/aromatic N) is 2. The lowest BCUT2D eigenvalue weighted by atomic mass is 9.88. The predicted octanol–water partition coefficient (Wildman–Crippen LogP) is -0.490. The van der Waals surface area contributed by atoms with Crippen LogP contribution in [0.5, 0.6) is 0 Å². The molecule has 0 radical (unpaired) electrons. The van der Waals surface area contributed by atoms with Crippen LogP contribution < -0.4 is 10.6 Å². The van der Waals surface area contributed by atoms with Crippen molar-refractivity contribution >= 4 is 11.9 Å². The van der Waals surface area contributed by atoms with E-state index in [1.165, 1.54) is 0 Å². The van der Waals surface area contributed by atoms with Gasteiger partial charge in [-0.2, -0.15) is 0 Å². The van der Waals surface area contributed by atoms with Crippen molar-refractivity contribution in [2.45, 2.75) is 36.8 Å². The summed E-state index contributed by atoms with van der Waals surface area (Å²) in [6, 6.07) is 0. The molecule has 0 unspecified atom stereocenters. The molecule has 0 saturated carbocycles. The van der Waals surface area contributed by atoms with Crippen LogP contribution in [0.3, 0.4) is 0 Å². The Morgan fingerprint density at radius 3 is 1.17 bits per heavy atom. The second kappa shape index (κ2) is 8.75. The van der Waals surface area contributed by atoms with E-state index in [4.69, 9.17) is 10.2 Å². The van der Waals surface area contributed by atoms with Crippen molar-refractivity contribution < 1.29 is 19.8 Å². The largest absolute Gasteiger partial charge is 0.480 e. The van der Waals surface area contributed by atoms with E-state index < -0.39 is 23.0 Å². The third kappa shape index (κ3) is 4.89. The van der Waals surface area contributed by atoms with E-state index in [2.05, 4.69) is 20.4 Å². The number of carboxylic acids is 2. The summed E-state index contributed by atoms with van der Waals surface area (Å²) >= 11 is 0. The van der Waals surface area contributed by atoms with Gasteiger partial charge in [-0.3, -0.25) is 9.59 Å². The maximum atomic E-state index is 10.9. The molecule has 8 nitrogen and oxygen atoms in total. The number of piperidine rings is 2. The second-order valence-corrected chi connectivity index (χ2v) is 6.88. The zero-order valence-corrected chi connectivity index (χ0v) is 15.3. The van der Waals surface area contributed by atoms with Gasteiger partial charge < -0.3 is 30.6 Å². The first-order valence-corrected chi connectivity index (χ1v) is 8.43. The van der Waals surface area contributed by atoms with Crippen LogP contribution in [0, 0.1) is 0 Å². The van der Waals surface area contributed by atoms with Crippen LogP contribution in [0.15, 0.2) is 0 Å². The third-order valence-electron chi connectivity index (χ3n) is 5.46. The highest BCUT2D eigenvalue weighted by Gasteiger charge is 2.39. The third-order valence-corrected chi connectivity index (χ3v) is 5.46. The monoisotopic (exact) mass is 344 g/mol. The van der Waals surface area contributed by atoms with E-state index in [9.17, 15) is 9.59 Å². The topological polar surface area (TPSA) is 105 Å². The predicted molar refractivity (Wildman–Crippen MR) is 92.3 cm³/mol. The molecular weight excluding hydrogens is 312 g/mol. The molecule has 0 bridgehead atoms. The van der Waals surface area contributed by atoms with Gasteiger partial charge in [0.2, 0.25) is 0 Å². The van der Waals surface area contributed by atoms with Crippen molar-refractivity contribution in [1.82, 2.24) is 20.4 Å². The first-order chi connectivity index (χ1) is 11.2. The standard InChI is InChI=1S/2C8H16N2O2/c2*1-9-8(7(11)12)3-5-10(2)6-4-8/h2*9H,3-6H2,1-2H3,(H,11,12). The fourth-order valence-electron chi connectivity index (χ4n) is 3.14. The van der Waals surface area contributed by atoms with Crippen LogP contribution in [-0.2, 0) is 9.59 Å². The highest BCUT2D eigenvalue weighted by molar-refractivity contribution is 5.79. The molecule has 0 amide bonds. The van der Waals surface area contributed by atoms with Crippen LogP contribution in [0.1, 0.15) is 25.7 Å². The first kappa shape index (κ1) is 20.8. The number of hydrogen-bond donors (Lipinski definition) is 4. The van der Waals surface area contributed by atoms with Gasteiger partial charge in [-0.15, -0.1) is 0 Å². The Bertz CT molecular complexity index is 388. The number of carboxylic acid groups (broad SMARTS) is 2. The van der Waals surface area contributed by atoms with E-state index in [-0.39, 0.29) is 0 Å². The number of likely N-dealkylation sites (N-methyl/N-ethyl adjacent to an activating group) is 2. The normalized spacial score (nSPS) is 23.8. The molecule has 4 N–H and O–H groups in total. The average Bonchev–Trinajstić information content (AvgIpc) is 2.57. The maximum Gasteiger partial charge on any atom is 0.323 e. The molecule has 2 fully saturated rings. The van der Waals surface area contributed by atoms with Gasteiger partial charge in [0.25, 0.3) is 0 Å². The van der Waals surface area contributed by atoms with Crippen molar-refractivity contribution in [3.63, 3.8) is 0 Å². The van der Waals surface area contributed by atoms with Crippen LogP contribution in [0.2, 0.25) is 0 Å². The Kier molecular flexibility index (Phi) is 7.59. The summed E-state index contributed by atoms with van der Waals surface area (Å²) in [5.41, 5.74) is -1.35. The quantitative estimate of drug-likeness (QED) is 0.541. The molecule has 2 rings (SSSR count). The molecule has 24 heavy (non-hydrogen) atoms. The molecule has 0 aromatic rings. The first-order valence-electron chi connectivity index (χ1n) is 8.43. The Morgan fingerprint density at radius 1 is 0.750 bits per heavy atom. The van der Waals surface area contributed by atoms with Crippen LogP contribution in [0.4, 0.5) is 0 Å². The highest BCUT2D eigenvalue weighted by atomic mass is 16.4. The summed E-state index contributed by atoms with van der Waals surface area (Å²) in [5, 5.41) is 23.8. The fraction of sp³-hybridized carbons (Fsp3) is 0.875. The van der Waals surface area contributed by atoms with Crippen molar-refractivity contribution in [2.24, 2.45) is 0 Å². The van der Waals surface area contributed by atoms with Crippen molar-refractivity contribution in [3.8, 4) is 0 Å². The number of carbonyl (C=O) groups is 2. The molecule has 0 aliphatic carbocycles. The minimum Gasteiger partial charge on any atom is -0.480 e. The average molecular weight is 344 g/mol. The number of nitrogens with one attached hydrogen (secondary N) is 2. The maximum absolute atomic E-state index is 10.9. The molecule has 0 aromatic carbocycles. The van der Waals surface area contributed by atoms with Crippen LogP contribution in [-0.4, -0.2) is 97.4 Å². The summed E-state index contributed by atoms with van der Waals surface area (Å²) in [5.74, 6) is -1.45. The van der Waals surface area contributed by atoms with Gasteiger partial charge in [0.1, 0.15) is 11.1 Å². The molecule has 0 aromatic heterocycles. The molecule has 2 aliphatic rings. The Hall–Kier alpha value is -1.22. The smallest absolute Gasteiger partial charge is 0.323 e. The minimum absolute atomic E-state index is 0.674. The summed E-state index contributed by atoms with van der Waals surface area (Å²) in [6.07, 6.45) is 2.76. The molecular formula is C16H32N4O4. The Labute approximate surface area is 144 Å². The van der Waals surface area contributed by atoms with E-state index >= 15 is 0 Å². The molecule has 140 valence electrons. The number of likely N-dealkylation sites (tertiary alicyclic amines) is 2. The molecule has 0 atom stereocenters. The van der Waals surface area contributed by atoms with Crippen LogP contribution in [0.25, 0.3) is 0 Å². The Balaban J connectivity index is 0.000000240. The van der Waals surface area contributed by atoms with Gasteiger partial charge in [0, 0.05) is 26.2 Å². The van der Waals surface area contributed by atoms with Crippen molar-refractivity contribution in [2.75, 3.05) is 54.4 Å². The molecule has 2 heterocycles. The fourth-order valence-corrected chi connectivity index (χ4v) is 3.14. The van der Waals surface area contributed by atoms with E-state index in [1.807, 2.05) is 14.1 Å². The van der Waals surface area contributed by atoms with Gasteiger partial charge >= 0.3 is 11.9 Å².